The standard InChI is InChI=1S/C36H50N8O13.4ClH/c45-28(39-27(36(56)57)6-1-2-9-44-30(47)7-8-31(44)48)20-38-35(55)26-5-3-4-25(18-26)19-37-29(46)21-40-10-12-41(22-32(49)50)14-16-43(24-34(53)54)17-15-42(13-11-40)23-33(51)52;;;;/h3-5,7-8,18,27H,1-2,6,9-17,19-24H2,(H,37,46)(H,38,55)(H,39,45)(H,49,50)(H,51,52)(H,53,54)(H,56,57);4*1H. The molecule has 25 heteroatoms. The van der Waals surface area contributed by atoms with Crippen LogP contribution in [0.15, 0.2) is 36.4 Å². The number of aliphatic carboxylic acids is 4. The molecular formula is C36H54Cl4N8O13. The van der Waals surface area contributed by atoms with Crippen molar-refractivity contribution in [1.29, 1.82) is 0 Å². The van der Waals surface area contributed by atoms with Crippen molar-refractivity contribution in [3.63, 3.8) is 0 Å². The molecule has 344 valence electrons. The molecule has 1 atom stereocenters. The third-order valence-corrected chi connectivity index (χ3v) is 9.12. The monoisotopic (exact) mass is 946 g/mol. The molecule has 21 nitrogen and oxygen atoms in total. The lowest BCUT2D eigenvalue weighted by Gasteiger charge is -2.32. The van der Waals surface area contributed by atoms with Crippen molar-refractivity contribution in [3.05, 3.63) is 47.5 Å². The lowest BCUT2D eigenvalue weighted by molar-refractivity contribution is -0.142. The molecule has 3 rings (SSSR count). The summed E-state index contributed by atoms with van der Waals surface area (Å²) in [5.41, 5.74) is 0.728. The summed E-state index contributed by atoms with van der Waals surface area (Å²) in [5.74, 6) is -7.11. The number of carbonyl (C=O) groups is 9. The summed E-state index contributed by atoms with van der Waals surface area (Å²) in [7, 11) is 0. The minimum Gasteiger partial charge on any atom is -0.480 e. The van der Waals surface area contributed by atoms with E-state index in [0.29, 0.717) is 18.4 Å². The number of hydrogen-bond acceptors (Lipinski definition) is 13. The van der Waals surface area contributed by atoms with Crippen LogP contribution in [0.1, 0.15) is 35.2 Å². The number of nitrogens with one attached hydrogen (secondary N) is 3. The Bertz CT molecular complexity index is 1640. The molecule has 0 bridgehead atoms. The highest BCUT2D eigenvalue weighted by Crippen LogP contribution is 2.09. The van der Waals surface area contributed by atoms with Crippen molar-refractivity contribution < 1.29 is 63.6 Å². The molecule has 61 heavy (non-hydrogen) atoms. The predicted molar refractivity (Wildman–Crippen MR) is 228 cm³/mol. The average molecular weight is 949 g/mol. The number of carboxylic acid groups (broad SMARTS) is 4. The zero-order valence-corrected chi connectivity index (χ0v) is 36.4. The topological polar surface area (TPSA) is 287 Å². The number of rotatable bonds is 20. The Kier molecular flexibility index (Phi) is 29.2. The fourth-order valence-electron chi connectivity index (χ4n) is 6.10. The van der Waals surface area contributed by atoms with E-state index >= 15 is 0 Å². The van der Waals surface area contributed by atoms with Crippen LogP contribution in [0.3, 0.4) is 0 Å². The summed E-state index contributed by atoms with van der Waals surface area (Å²) in [4.78, 5) is 116. The van der Waals surface area contributed by atoms with Gasteiger partial charge in [0.2, 0.25) is 11.8 Å². The van der Waals surface area contributed by atoms with E-state index < -0.39 is 60.1 Å². The van der Waals surface area contributed by atoms with Crippen molar-refractivity contribution in [1.82, 2.24) is 40.4 Å². The fourth-order valence-corrected chi connectivity index (χ4v) is 6.10. The van der Waals surface area contributed by atoms with Gasteiger partial charge in [-0.1, -0.05) is 12.1 Å². The van der Waals surface area contributed by atoms with Gasteiger partial charge in [-0.05, 0) is 37.0 Å². The highest BCUT2D eigenvalue weighted by molar-refractivity contribution is 6.12. The number of carbonyl (C=O) groups excluding carboxylic acids is 5. The summed E-state index contributed by atoms with van der Waals surface area (Å²) >= 11 is 0. The molecular weight excluding hydrogens is 894 g/mol. The molecule has 5 amide bonds. The van der Waals surface area contributed by atoms with E-state index in [9.17, 15) is 63.6 Å². The van der Waals surface area contributed by atoms with E-state index in [0.717, 1.165) is 17.1 Å². The van der Waals surface area contributed by atoms with Crippen molar-refractivity contribution in [2.75, 3.05) is 91.6 Å². The highest BCUT2D eigenvalue weighted by Gasteiger charge is 2.25. The maximum atomic E-state index is 13.1. The van der Waals surface area contributed by atoms with Gasteiger partial charge in [-0.3, -0.25) is 62.9 Å². The summed E-state index contributed by atoms with van der Waals surface area (Å²) in [6.07, 6.45) is 2.98. The molecule has 7 N–H and O–H groups in total. The minimum absolute atomic E-state index is 0. The Labute approximate surface area is 376 Å². The van der Waals surface area contributed by atoms with Crippen LogP contribution in [0.4, 0.5) is 0 Å². The predicted octanol–water partition coefficient (Wildman–Crippen LogP) is -1.14. The van der Waals surface area contributed by atoms with Gasteiger partial charge in [-0.15, -0.1) is 49.6 Å². The molecule has 1 aromatic rings. The first kappa shape index (κ1) is 58.5. The molecule has 0 aromatic heterocycles. The first-order valence-corrected chi connectivity index (χ1v) is 18.3. The van der Waals surface area contributed by atoms with E-state index in [2.05, 4.69) is 16.0 Å². The van der Waals surface area contributed by atoms with Gasteiger partial charge in [0.25, 0.3) is 17.7 Å². The zero-order chi connectivity index (χ0) is 41.9. The largest absolute Gasteiger partial charge is 0.480 e. The molecule has 2 aliphatic heterocycles. The highest BCUT2D eigenvalue weighted by atomic mass is 35.5. The van der Waals surface area contributed by atoms with Crippen LogP contribution < -0.4 is 16.0 Å². The molecule has 1 aromatic carbocycles. The van der Waals surface area contributed by atoms with E-state index in [1.165, 1.54) is 12.1 Å². The quantitative estimate of drug-likeness (QED) is 0.0601. The molecule has 0 aliphatic carbocycles. The zero-order valence-electron chi connectivity index (χ0n) is 33.1. The van der Waals surface area contributed by atoms with Crippen LogP contribution >= 0.6 is 49.6 Å². The van der Waals surface area contributed by atoms with Gasteiger partial charge in [-0.25, -0.2) is 4.79 Å². The first-order valence-electron chi connectivity index (χ1n) is 18.3. The van der Waals surface area contributed by atoms with E-state index in [-0.39, 0.29) is 159 Å². The van der Waals surface area contributed by atoms with Crippen molar-refractivity contribution in [3.8, 4) is 0 Å². The number of halogens is 4. The van der Waals surface area contributed by atoms with Crippen LogP contribution in [0.2, 0.25) is 0 Å². The molecule has 2 aliphatic rings. The van der Waals surface area contributed by atoms with Gasteiger partial charge in [0.05, 0.1) is 32.7 Å². The number of amides is 5. The normalized spacial score (nSPS) is 15.8. The lowest BCUT2D eigenvalue weighted by atomic mass is 10.1. The van der Waals surface area contributed by atoms with Gasteiger partial charge < -0.3 is 36.4 Å². The first-order chi connectivity index (χ1) is 27.1. The Morgan fingerprint density at radius 1 is 0.607 bits per heavy atom. The van der Waals surface area contributed by atoms with Crippen LogP contribution in [0.5, 0.6) is 0 Å². The molecule has 1 unspecified atom stereocenters. The maximum absolute atomic E-state index is 13.1. The Balaban J connectivity index is 0. The van der Waals surface area contributed by atoms with Gasteiger partial charge >= 0.3 is 23.9 Å². The van der Waals surface area contributed by atoms with Crippen LogP contribution in [-0.2, 0) is 44.9 Å². The number of unbranched alkanes of at least 4 members (excludes halogenated alkanes) is 1. The van der Waals surface area contributed by atoms with E-state index in [1.54, 1.807) is 31.7 Å². The smallest absolute Gasteiger partial charge is 0.326 e. The van der Waals surface area contributed by atoms with E-state index in [4.69, 9.17) is 0 Å². The van der Waals surface area contributed by atoms with Gasteiger partial charge in [0, 0.05) is 83.2 Å². The lowest BCUT2D eigenvalue weighted by Crippen LogP contribution is -2.49. The van der Waals surface area contributed by atoms with Gasteiger partial charge in [0.15, 0.2) is 0 Å². The molecule has 0 spiro atoms. The second-order valence-corrected chi connectivity index (χ2v) is 13.6. The molecule has 0 saturated carbocycles. The number of imide groups is 1. The third kappa shape index (κ3) is 22.7. The van der Waals surface area contributed by atoms with Crippen molar-refractivity contribution in [2.24, 2.45) is 0 Å². The molecule has 1 saturated heterocycles. The molecule has 2 heterocycles. The number of carboxylic acids is 4. The van der Waals surface area contributed by atoms with Gasteiger partial charge in [-0.2, -0.15) is 0 Å². The molecule has 0 radical (unpaired) electrons. The van der Waals surface area contributed by atoms with Crippen LogP contribution in [-0.4, -0.2) is 196 Å². The maximum Gasteiger partial charge on any atom is 0.326 e. The summed E-state index contributed by atoms with van der Waals surface area (Å²) in [6.45, 7) is 0.623. The second-order valence-electron chi connectivity index (χ2n) is 13.6. The second kappa shape index (κ2) is 30.4. The Morgan fingerprint density at radius 2 is 1.07 bits per heavy atom. The number of hydrogen-bond donors (Lipinski definition) is 7. The Hall–Kier alpha value is -4.61. The number of benzene rings is 1. The van der Waals surface area contributed by atoms with Crippen molar-refractivity contribution in [2.45, 2.75) is 31.8 Å². The Morgan fingerprint density at radius 3 is 1.51 bits per heavy atom. The van der Waals surface area contributed by atoms with Crippen LogP contribution in [0.25, 0.3) is 0 Å². The fraction of sp³-hybridized carbons (Fsp3) is 0.528. The average Bonchev–Trinajstić information content (AvgIpc) is 3.47. The summed E-state index contributed by atoms with van der Waals surface area (Å²) in [5, 5.41) is 45.3. The van der Waals surface area contributed by atoms with Crippen LogP contribution in [0, 0.1) is 0 Å². The third-order valence-electron chi connectivity index (χ3n) is 9.12. The van der Waals surface area contributed by atoms with Crippen molar-refractivity contribution >= 4 is 103 Å². The van der Waals surface area contributed by atoms with Gasteiger partial charge in [0.1, 0.15) is 6.04 Å². The molecule has 1 fully saturated rings. The summed E-state index contributed by atoms with van der Waals surface area (Å²) < 4.78 is 0. The van der Waals surface area contributed by atoms with E-state index in [1.807, 2.05) is 0 Å². The SMILES string of the molecule is Cl.Cl.Cl.Cl.O=C(O)CN1CCN(CC(=O)O)CCN(CC(=O)NCc2cccc(C(=O)NCC(=O)NC(CCCCN3C(=O)C=CC3=O)C(=O)O)c2)CCN(CC(=O)O)CC1. The number of nitrogens with zero attached hydrogens (tertiary/aromatic N) is 5. The minimum atomic E-state index is -1.28. The summed E-state index contributed by atoms with van der Waals surface area (Å²) in [6, 6.07) is 5.00.